The van der Waals surface area contributed by atoms with Crippen molar-refractivity contribution in [1.29, 1.82) is 0 Å². The Hall–Kier alpha value is -3.48. The Kier molecular flexibility index (Phi) is 5.77. The highest BCUT2D eigenvalue weighted by Crippen LogP contribution is 2.37. The van der Waals surface area contributed by atoms with Crippen LogP contribution < -0.4 is 20.1 Å². The van der Waals surface area contributed by atoms with E-state index in [-0.39, 0.29) is 11.9 Å². The molecule has 7 heteroatoms. The molecule has 0 radical (unpaired) electrons. The molecular weight excluding hydrogens is 370 g/mol. The van der Waals surface area contributed by atoms with Crippen LogP contribution in [0.25, 0.3) is 0 Å². The molecule has 152 valence electrons. The van der Waals surface area contributed by atoms with E-state index in [1.54, 1.807) is 46.4 Å². The van der Waals surface area contributed by atoms with Crippen molar-refractivity contribution in [3.63, 3.8) is 0 Å². The van der Waals surface area contributed by atoms with Crippen LogP contribution >= 0.6 is 0 Å². The van der Waals surface area contributed by atoms with Gasteiger partial charge in [-0.15, -0.1) is 0 Å². The van der Waals surface area contributed by atoms with Gasteiger partial charge in [-0.2, -0.15) is 0 Å². The summed E-state index contributed by atoms with van der Waals surface area (Å²) in [5.41, 5.74) is 3.30. The number of methoxy groups -OCH3 is 2. The van der Waals surface area contributed by atoms with E-state index in [9.17, 15) is 9.59 Å². The number of ether oxygens (including phenoxy) is 2. The van der Waals surface area contributed by atoms with Gasteiger partial charge in [0.1, 0.15) is 11.5 Å². The van der Waals surface area contributed by atoms with Crippen molar-refractivity contribution in [2.24, 2.45) is 0 Å². The second-order valence-corrected chi connectivity index (χ2v) is 6.82. The Morgan fingerprint density at radius 1 is 1.10 bits per heavy atom. The third-order valence-corrected chi connectivity index (χ3v) is 5.14. The van der Waals surface area contributed by atoms with Gasteiger partial charge >= 0.3 is 6.03 Å². The normalized spacial score (nSPS) is 16.4. The van der Waals surface area contributed by atoms with Gasteiger partial charge in [-0.1, -0.05) is 18.2 Å². The molecule has 2 aromatic carbocycles. The van der Waals surface area contributed by atoms with Crippen LogP contribution in [-0.4, -0.2) is 38.1 Å². The zero-order chi connectivity index (χ0) is 21.1. The van der Waals surface area contributed by atoms with Crippen LogP contribution in [0.3, 0.4) is 0 Å². The van der Waals surface area contributed by atoms with Gasteiger partial charge in [0.05, 0.1) is 25.8 Å². The highest BCUT2D eigenvalue weighted by molar-refractivity contribution is 6.07. The maximum atomic E-state index is 13.3. The van der Waals surface area contributed by atoms with Gasteiger partial charge in [0.2, 0.25) is 0 Å². The summed E-state index contributed by atoms with van der Waals surface area (Å²) in [7, 11) is 4.74. The van der Waals surface area contributed by atoms with Crippen molar-refractivity contribution in [3.05, 3.63) is 64.9 Å². The minimum atomic E-state index is -0.687. The molecule has 1 atom stereocenters. The maximum absolute atomic E-state index is 13.3. The lowest BCUT2D eigenvalue weighted by Gasteiger charge is -2.34. The van der Waals surface area contributed by atoms with Crippen LogP contribution in [-0.2, 0) is 4.79 Å². The number of urea groups is 1. The van der Waals surface area contributed by atoms with E-state index in [4.69, 9.17) is 9.47 Å². The quantitative estimate of drug-likeness (QED) is 0.810. The van der Waals surface area contributed by atoms with Crippen LogP contribution in [0.1, 0.15) is 24.1 Å². The average Bonchev–Trinajstić information content (AvgIpc) is 2.72. The molecule has 0 spiro atoms. The second-order valence-electron chi connectivity index (χ2n) is 6.82. The molecule has 1 aliphatic heterocycles. The first-order valence-electron chi connectivity index (χ1n) is 9.21. The van der Waals surface area contributed by atoms with Gasteiger partial charge in [-0.3, -0.25) is 4.79 Å². The summed E-state index contributed by atoms with van der Waals surface area (Å²) in [6.07, 6.45) is 0. The minimum Gasteiger partial charge on any atom is -0.497 e. The lowest BCUT2D eigenvalue weighted by molar-refractivity contribution is -0.113. The summed E-state index contributed by atoms with van der Waals surface area (Å²) < 4.78 is 10.8. The first kappa shape index (κ1) is 20.3. The topological polar surface area (TPSA) is 79.9 Å². The van der Waals surface area contributed by atoms with E-state index >= 15 is 0 Å². The smallest absolute Gasteiger partial charge is 0.322 e. The summed E-state index contributed by atoms with van der Waals surface area (Å²) in [6.45, 7) is 3.68. The molecule has 0 aliphatic carbocycles. The number of hydrogen-bond acceptors (Lipinski definition) is 4. The van der Waals surface area contributed by atoms with Crippen molar-refractivity contribution in [3.8, 4) is 11.5 Å². The molecule has 2 N–H and O–H groups in total. The SMILES string of the molecule is COc1ccc(OC)c(C2NC(=O)N(C)C(C)=C2C(=O)Nc2ccccc2C)c1. The van der Waals surface area contributed by atoms with Crippen LogP contribution in [0.5, 0.6) is 11.5 Å². The maximum Gasteiger partial charge on any atom is 0.322 e. The minimum absolute atomic E-state index is 0.293. The lowest BCUT2D eigenvalue weighted by Crippen LogP contribution is -2.46. The first-order chi connectivity index (χ1) is 13.9. The van der Waals surface area contributed by atoms with E-state index in [0.717, 1.165) is 5.56 Å². The molecule has 1 heterocycles. The molecule has 0 aromatic heterocycles. The number of benzene rings is 2. The van der Waals surface area contributed by atoms with Gasteiger partial charge in [0.25, 0.3) is 5.91 Å². The molecular formula is C22H25N3O4. The number of amides is 3. The van der Waals surface area contributed by atoms with E-state index in [2.05, 4.69) is 10.6 Å². The number of rotatable bonds is 5. The predicted octanol–water partition coefficient (Wildman–Crippen LogP) is 3.62. The molecule has 0 fully saturated rings. The van der Waals surface area contributed by atoms with E-state index in [1.807, 2.05) is 31.2 Å². The summed E-state index contributed by atoms with van der Waals surface area (Å²) in [6, 6.07) is 11.8. The molecule has 0 bridgehead atoms. The fourth-order valence-electron chi connectivity index (χ4n) is 3.33. The van der Waals surface area contributed by atoms with Gasteiger partial charge < -0.3 is 25.0 Å². The van der Waals surface area contributed by atoms with Crippen LogP contribution in [0.4, 0.5) is 10.5 Å². The Morgan fingerprint density at radius 2 is 1.83 bits per heavy atom. The summed E-state index contributed by atoms with van der Waals surface area (Å²) in [4.78, 5) is 27.2. The van der Waals surface area contributed by atoms with Gasteiger partial charge in [0.15, 0.2) is 0 Å². The number of carbonyl (C=O) groups is 2. The Bertz CT molecular complexity index is 984. The number of nitrogens with one attached hydrogen (secondary N) is 2. The Morgan fingerprint density at radius 3 is 2.48 bits per heavy atom. The number of para-hydroxylation sites is 1. The predicted molar refractivity (Wildman–Crippen MR) is 111 cm³/mol. The van der Waals surface area contributed by atoms with Crippen molar-refractivity contribution in [2.45, 2.75) is 19.9 Å². The Balaban J connectivity index is 2.09. The molecule has 0 saturated heterocycles. The fourth-order valence-corrected chi connectivity index (χ4v) is 3.33. The van der Waals surface area contributed by atoms with Crippen molar-refractivity contribution in [1.82, 2.24) is 10.2 Å². The van der Waals surface area contributed by atoms with Crippen molar-refractivity contribution in [2.75, 3.05) is 26.6 Å². The lowest BCUT2D eigenvalue weighted by atomic mass is 9.93. The highest BCUT2D eigenvalue weighted by atomic mass is 16.5. The number of hydrogen-bond donors (Lipinski definition) is 2. The summed E-state index contributed by atoms with van der Waals surface area (Å²) in [5.74, 6) is 0.860. The van der Waals surface area contributed by atoms with Gasteiger partial charge in [0, 0.05) is 24.0 Å². The number of aryl methyl sites for hydroxylation is 1. The molecule has 0 saturated carbocycles. The number of allylic oxidation sites excluding steroid dienone is 1. The van der Waals surface area contributed by atoms with Crippen LogP contribution in [0.15, 0.2) is 53.7 Å². The second kappa shape index (κ2) is 8.26. The van der Waals surface area contributed by atoms with Gasteiger partial charge in [-0.25, -0.2) is 4.79 Å². The largest absolute Gasteiger partial charge is 0.497 e. The summed E-state index contributed by atoms with van der Waals surface area (Å²) >= 11 is 0. The van der Waals surface area contributed by atoms with Crippen molar-refractivity contribution >= 4 is 17.6 Å². The van der Waals surface area contributed by atoms with Crippen molar-refractivity contribution < 1.29 is 19.1 Å². The van der Waals surface area contributed by atoms with E-state index in [1.165, 1.54) is 4.90 Å². The molecule has 29 heavy (non-hydrogen) atoms. The number of anilines is 1. The standard InChI is InChI=1S/C22H25N3O4/c1-13-8-6-7-9-17(13)23-21(26)19-14(2)25(3)22(27)24-20(19)16-12-15(28-4)10-11-18(16)29-5/h6-12,20H,1-5H3,(H,23,26)(H,24,27). The Labute approximate surface area is 170 Å². The molecule has 2 aromatic rings. The zero-order valence-electron chi connectivity index (χ0n) is 17.2. The molecule has 7 nitrogen and oxygen atoms in total. The molecule has 3 amide bonds. The van der Waals surface area contributed by atoms with Crippen LogP contribution in [0, 0.1) is 6.92 Å². The highest BCUT2D eigenvalue weighted by Gasteiger charge is 2.36. The fraction of sp³-hybridized carbons (Fsp3) is 0.273. The average molecular weight is 395 g/mol. The zero-order valence-corrected chi connectivity index (χ0v) is 17.2. The molecule has 1 unspecified atom stereocenters. The number of carbonyl (C=O) groups excluding carboxylic acids is 2. The monoisotopic (exact) mass is 395 g/mol. The molecule has 1 aliphatic rings. The van der Waals surface area contributed by atoms with Gasteiger partial charge in [-0.05, 0) is 43.7 Å². The first-order valence-corrected chi connectivity index (χ1v) is 9.21. The molecule has 3 rings (SSSR count). The van der Waals surface area contributed by atoms with E-state index < -0.39 is 6.04 Å². The van der Waals surface area contributed by atoms with Crippen LogP contribution in [0.2, 0.25) is 0 Å². The number of nitrogens with zero attached hydrogens (tertiary/aromatic N) is 1. The third-order valence-electron chi connectivity index (χ3n) is 5.14. The van der Waals surface area contributed by atoms with E-state index in [0.29, 0.717) is 34.0 Å². The summed E-state index contributed by atoms with van der Waals surface area (Å²) in [5, 5.41) is 5.87. The third kappa shape index (κ3) is 3.89.